The molecule has 1 aliphatic carbocycles. The quantitative estimate of drug-likeness (QED) is 0.859. The molecular formula is C12H17N5. The lowest BCUT2D eigenvalue weighted by Gasteiger charge is -2.18. The monoisotopic (exact) mass is 231 g/mol. The zero-order chi connectivity index (χ0) is 11.8. The van der Waals surface area contributed by atoms with Crippen LogP contribution in [0.2, 0.25) is 0 Å². The van der Waals surface area contributed by atoms with Gasteiger partial charge in [0.15, 0.2) is 0 Å². The van der Waals surface area contributed by atoms with Gasteiger partial charge in [0.2, 0.25) is 0 Å². The summed E-state index contributed by atoms with van der Waals surface area (Å²) in [4.78, 5) is 4.26. The second kappa shape index (κ2) is 4.00. The van der Waals surface area contributed by atoms with Crippen molar-refractivity contribution in [2.24, 2.45) is 18.7 Å². The number of nitrogens with two attached hydrogens (primary N) is 1. The molecule has 3 rings (SSSR count). The van der Waals surface area contributed by atoms with Crippen LogP contribution < -0.4 is 5.73 Å². The first kappa shape index (κ1) is 10.5. The molecule has 1 atom stereocenters. The molecule has 2 aromatic heterocycles. The first-order chi connectivity index (χ1) is 8.29. The maximum absolute atomic E-state index is 5.89. The van der Waals surface area contributed by atoms with Gasteiger partial charge < -0.3 is 10.3 Å². The van der Waals surface area contributed by atoms with Crippen molar-refractivity contribution in [3.8, 4) is 11.3 Å². The van der Waals surface area contributed by atoms with Gasteiger partial charge in [0.25, 0.3) is 0 Å². The molecular weight excluding hydrogens is 214 g/mol. The van der Waals surface area contributed by atoms with E-state index in [2.05, 4.69) is 14.6 Å². The Bertz CT molecular complexity index is 508. The molecule has 90 valence electrons. The third-order valence-electron chi connectivity index (χ3n) is 3.43. The van der Waals surface area contributed by atoms with E-state index in [1.807, 2.05) is 32.0 Å². The predicted octanol–water partition coefficient (Wildman–Crippen LogP) is 1.19. The van der Waals surface area contributed by atoms with Crippen LogP contribution in [0, 0.1) is 5.92 Å². The summed E-state index contributed by atoms with van der Waals surface area (Å²) in [6.45, 7) is 0.675. The second-order valence-corrected chi connectivity index (χ2v) is 4.73. The average Bonchev–Trinajstić information content (AvgIpc) is 2.87. The Morgan fingerprint density at radius 2 is 2.29 bits per heavy atom. The molecule has 2 N–H and O–H groups in total. The largest absolute Gasteiger partial charge is 0.328 e. The molecule has 0 aliphatic heterocycles. The van der Waals surface area contributed by atoms with Crippen molar-refractivity contribution in [1.82, 2.24) is 19.3 Å². The zero-order valence-electron chi connectivity index (χ0n) is 9.95. The van der Waals surface area contributed by atoms with Crippen LogP contribution in [-0.2, 0) is 7.05 Å². The highest BCUT2D eigenvalue weighted by Gasteiger charge is 2.32. The summed E-state index contributed by atoms with van der Waals surface area (Å²) in [6.07, 6.45) is 10.2. The van der Waals surface area contributed by atoms with Crippen LogP contribution in [0.15, 0.2) is 24.9 Å². The molecule has 1 aliphatic rings. The Labute approximate surface area is 100 Å². The lowest BCUT2D eigenvalue weighted by molar-refractivity contribution is 0.458. The highest BCUT2D eigenvalue weighted by atomic mass is 15.2. The van der Waals surface area contributed by atoms with Crippen LogP contribution in [0.4, 0.5) is 0 Å². The molecule has 2 heterocycles. The molecule has 5 heteroatoms. The van der Waals surface area contributed by atoms with Gasteiger partial charge in [0.05, 0.1) is 30.5 Å². The molecule has 0 saturated heterocycles. The van der Waals surface area contributed by atoms with E-state index in [9.17, 15) is 0 Å². The Morgan fingerprint density at radius 1 is 1.47 bits per heavy atom. The fourth-order valence-electron chi connectivity index (χ4n) is 2.36. The minimum absolute atomic E-state index is 0.382. The van der Waals surface area contributed by atoms with Gasteiger partial charge >= 0.3 is 0 Å². The minimum Gasteiger partial charge on any atom is -0.328 e. The van der Waals surface area contributed by atoms with Gasteiger partial charge in [0, 0.05) is 25.4 Å². The molecule has 0 radical (unpaired) electrons. The third kappa shape index (κ3) is 1.86. The first-order valence-corrected chi connectivity index (χ1v) is 6.00. The summed E-state index contributed by atoms with van der Waals surface area (Å²) < 4.78 is 4.01. The molecule has 5 nitrogen and oxygen atoms in total. The summed E-state index contributed by atoms with van der Waals surface area (Å²) in [5.41, 5.74) is 8.10. The molecule has 1 saturated carbocycles. The maximum Gasteiger partial charge on any atom is 0.0954 e. The van der Waals surface area contributed by atoms with Crippen LogP contribution in [-0.4, -0.2) is 25.9 Å². The lowest BCUT2D eigenvalue weighted by atomic mass is 10.1. The number of aromatic nitrogens is 4. The molecule has 1 fully saturated rings. The van der Waals surface area contributed by atoms with E-state index >= 15 is 0 Å². The van der Waals surface area contributed by atoms with Crippen molar-refractivity contribution in [1.29, 1.82) is 0 Å². The van der Waals surface area contributed by atoms with Crippen LogP contribution in [0.3, 0.4) is 0 Å². The van der Waals surface area contributed by atoms with Crippen molar-refractivity contribution < 1.29 is 0 Å². The van der Waals surface area contributed by atoms with Gasteiger partial charge in [-0.2, -0.15) is 5.10 Å². The Morgan fingerprint density at radius 3 is 2.88 bits per heavy atom. The van der Waals surface area contributed by atoms with Crippen LogP contribution in [0.5, 0.6) is 0 Å². The summed E-state index contributed by atoms with van der Waals surface area (Å²) >= 11 is 0. The second-order valence-electron chi connectivity index (χ2n) is 4.73. The number of imidazole rings is 1. The molecule has 17 heavy (non-hydrogen) atoms. The van der Waals surface area contributed by atoms with E-state index in [4.69, 9.17) is 5.73 Å². The normalized spacial score (nSPS) is 17.3. The third-order valence-corrected chi connectivity index (χ3v) is 3.43. The number of nitrogens with zero attached hydrogens (tertiary/aromatic N) is 4. The molecule has 0 bridgehead atoms. The molecule has 0 aromatic carbocycles. The van der Waals surface area contributed by atoms with Gasteiger partial charge in [-0.05, 0) is 18.8 Å². The number of hydrogen-bond donors (Lipinski definition) is 1. The first-order valence-electron chi connectivity index (χ1n) is 6.00. The standard InChI is InChI=1S/C12H17N5/c1-16-7-10(5-15-16)12-6-14-8-17(12)11(4-13)9-2-3-9/h5-9,11H,2-4,13H2,1H3. The van der Waals surface area contributed by atoms with Crippen LogP contribution in [0.25, 0.3) is 11.3 Å². The van der Waals surface area contributed by atoms with Gasteiger partial charge in [-0.1, -0.05) is 0 Å². The predicted molar refractivity (Wildman–Crippen MR) is 65.2 cm³/mol. The minimum atomic E-state index is 0.382. The molecule has 1 unspecified atom stereocenters. The van der Waals surface area contributed by atoms with E-state index in [-0.39, 0.29) is 0 Å². The zero-order valence-corrected chi connectivity index (χ0v) is 9.95. The van der Waals surface area contributed by atoms with Crippen molar-refractivity contribution in [2.75, 3.05) is 6.54 Å². The summed E-state index contributed by atoms with van der Waals surface area (Å²) in [7, 11) is 1.92. The SMILES string of the molecule is Cn1cc(-c2cncn2C(CN)C2CC2)cn1. The van der Waals surface area contributed by atoms with Crippen LogP contribution >= 0.6 is 0 Å². The van der Waals surface area contributed by atoms with E-state index in [1.165, 1.54) is 12.8 Å². The van der Waals surface area contributed by atoms with Gasteiger partial charge in [-0.3, -0.25) is 4.68 Å². The van der Waals surface area contributed by atoms with Crippen LogP contribution in [0.1, 0.15) is 18.9 Å². The van der Waals surface area contributed by atoms with E-state index in [0.717, 1.165) is 17.2 Å². The number of hydrogen-bond acceptors (Lipinski definition) is 3. The highest BCUT2D eigenvalue weighted by Crippen LogP contribution is 2.40. The van der Waals surface area contributed by atoms with Gasteiger partial charge in [0.1, 0.15) is 0 Å². The van der Waals surface area contributed by atoms with E-state index < -0.39 is 0 Å². The summed E-state index contributed by atoms with van der Waals surface area (Å²) in [6, 6.07) is 0.382. The van der Waals surface area contributed by atoms with Crippen molar-refractivity contribution in [3.63, 3.8) is 0 Å². The Kier molecular flexibility index (Phi) is 2.48. The average molecular weight is 231 g/mol. The topological polar surface area (TPSA) is 61.7 Å². The fourth-order valence-corrected chi connectivity index (χ4v) is 2.36. The summed E-state index contributed by atoms with van der Waals surface area (Å²) in [5.74, 6) is 0.727. The van der Waals surface area contributed by atoms with Gasteiger partial charge in [-0.15, -0.1) is 0 Å². The smallest absolute Gasteiger partial charge is 0.0954 e. The van der Waals surface area contributed by atoms with Crippen molar-refractivity contribution >= 4 is 0 Å². The van der Waals surface area contributed by atoms with Crippen molar-refractivity contribution in [2.45, 2.75) is 18.9 Å². The molecule has 0 amide bonds. The lowest BCUT2D eigenvalue weighted by Crippen LogP contribution is -2.21. The molecule has 2 aromatic rings. The molecule has 0 spiro atoms. The Balaban J connectivity index is 1.98. The Hall–Kier alpha value is -1.62. The van der Waals surface area contributed by atoms with E-state index in [0.29, 0.717) is 12.6 Å². The number of rotatable bonds is 4. The van der Waals surface area contributed by atoms with E-state index in [1.54, 1.807) is 4.68 Å². The fraction of sp³-hybridized carbons (Fsp3) is 0.500. The van der Waals surface area contributed by atoms with Crippen molar-refractivity contribution in [3.05, 3.63) is 24.9 Å². The summed E-state index contributed by atoms with van der Waals surface area (Å²) in [5, 5.41) is 4.20. The highest BCUT2D eigenvalue weighted by molar-refractivity contribution is 5.56. The number of aryl methyl sites for hydroxylation is 1. The van der Waals surface area contributed by atoms with Gasteiger partial charge in [-0.25, -0.2) is 4.98 Å². The maximum atomic E-state index is 5.89.